The van der Waals surface area contributed by atoms with Gasteiger partial charge in [-0.3, -0.25) is 0 Å². The van der Waals surface area contributed by atoms with Crippen LogP contribution in [-0.2, 0) is 11.3 Å². The second kappa shape index (κ2) is 6.99. The molecule has 2 heterocycles. The summed E-state index contributed by atoms with van der Waals surface area (Å²) < 4.78 is 5.79. The first-order chi connectivity index (χ1) is 9.61. The van der Waals surface area contributed by atoms with E-state index in [4.69, 9.17) is 10.5 Å². The minimum absolute atomic E-state index is 0.309. The fraction of sp³-hybridized carbons (Fsp3) is 0.733. The fourth-order valence-corrected chi connectivity index (χ4v) is 2.53. The van der Waals surface area contributed by atoms with E-state index in [0.29, 0.717) is 18.6 Å². The minimum Gasteiger partial charge on any atom is -0.376 e. The van der Waals surface area contributed by atoms with Gasteiger partial charge >= 0.3 is 0 Å². The van der Waals surface area contributed by atoms with Crippen LogP contribution in [0.1, 0.15) is 50.5 Å². The van der Waals surface area contributed by atoms with Gasteiger partial charge < -0.3 is 15.4 Å². The van der Waals surface area contributed by atoms with Crippen LogP contribution in [0, 0.1) is 0 Å². The van der Waals surface area contributed by atoms with Gasteiger partial charge in [0, 0.05) is 32.7 Å². The van der Waals surface area contributed by atoms with Crippen molar-refractivity contribution in [3.8, 4) is 0 Å². The van der Waals surface area contributed by atoms with Crippen LogP contribution in [0.4, 0.5) is 5.69 Å². The van der Waals surface area contributed by atoms with Crippen molar-refractivity contribution in [2.75, 3.05) is 25.1 Å². The first kappa shape index (κ1) is 15.2. The number of likely N-dealkylation sites (N-methyl/N-ethyl adjacent to an activating group) is 1. The number of aromatic nitrogens is 2. The van der Waals surface area contributed by atoms with Crippen LogP contribution >= 0.6 is 0 Å². The molecule has 112 valence electrons. The first-order valence-electron chi connectivity index (χ1n) is 7.50. The van der Waals surface area contributed by atoms with Crippen molar-refractivity contribution in [3.05, 3.63) is 17.7 Å². The molecular formula is C15H26N4O. The Morgan fingerprint density at radius 2 is 2.25 bits per heavy atom. The van der Waals surface area contributed by atoms with E-state index in [0.717, 1.165) is 36.8 Å². The molecule has 1 aliphatic rings. The molecule has 2 rings (SSSR count). The normalized spacial score (nSPS) is 19.4. The summed E-state index contributed by atoms with van der Waals surface area (Å²) in [5, 5.41) is 0. The van der Waals surface area contributed by atoms with E-state index in [1.54, 1.807) is 0 Å². The lowest BCUT2D eigenvalue weighted by Gasteiger charge is -2.29. The highest BCUT2D eigenvalue weighted by molar-refractivity contribution is 5.48. The Morgan fingerprint density at radius 3 is 2.85 bits per heavy atom. The van der Waals surface area contributed by atoms with Gasteiger partial charge in [-0.05, 0) is 19.3 Å². The lowest BCUT2D eigenvalue weighted by atomic mass is 10.1. The van der Waals surface area contributed by atoms with Gasteiger partial charge in [-0.2, -0.15) is 0 Å². The third-order valence-corrected chi connectivity index (χ3v) is 3.74. The minimum atomic E-state index is 0.309. The molecule has 1 saturated heterocycles. The zero-order chi connectivity index (χ0) is 14.5. The molecule has 20 heavy (non-hydrogen) atoms. The van der Waals surface area contributed by atoms with Crippen molar-refractivity contribution in [1.82, 2.24) is 9.97 Å². The summed E-state index contributed by atoms with van der Waals surface area (Å²) in [5.41, 5.74) is 7.78. The number of nitrogens with two attached hydrogens (primary N) is 1. The Kier molecular flexibility index (Phi) is 5.31. The maximum absolute atomic E-state index is 5.84. The highest BCUT2D eigenvalue weighted by Crippen LogP contribution is 2.21. The summed E-state index contributed by atoms with van der Waals surface area (Å²) in [6.45, 7) is 6.37. The number of rotatable bonds is 5. The molecule has 5 heteroatoms. The maximum Gasteiger partial charge on any atom is 0.131 e. The molecule has 1 aromatic rings. The second-order valence-corrected chi connectivity index (χ2v) is 5.79. The van der Waals surface area contributed by atoms with Crippen LogP contribution in [0.2, 0.25) is 0 Å². The van der Waals surface area contributed by atoms with Crippen LogP contribution < -0.4 is 10.6 Å². The van der Waals surface area contributed by atoms with E-state index in [9.17, 15) is 0 Å². The van der Waals surface area contributed by atoms with Crippen molar-refractivity contribution >= 4 is 5.69 Å². The summed E-state index contributed by atoms with van der Waals surface area (Å²) in [6.07, 6.45) is 5.77. The predicted octanol–water partition coefficient (Wildman–Crippen LogP) is 2.06. The summed E-state index contributed by atoms with van der Waals surface area (Å²) in [4.78, 5) is 11.2. The summed E-state index contributed by atoms with van der Waals surface area (Å²) >= 11 is 0. The Bertz CT molecular complexity index is 430. The van der Waals surface area contributed by atoms with Gasteiger partial charge in [0.05, 0.1) is 23.7 Å². The average Bonchev–Trinajstić information content (AvgIpc) is 2.47. The standard InChI is InChI=1S/C15H26N4O/c1-11(2)15-17-9-14(13(8-16)18-15)19(3)10-12-6-4-5-7-20-12/h9,11-12H,4-8,10,16H2,1-3H3. The van der Waals surface area contributed by atoms with Gasteiger partial charge in [0.25, 0.3) is 0 Å². The van der Waals surface area contributed by atoms with Gasteiger partial charge in [0.15, 0.2) is 0 Å². The van der Waals surface area contributed by atoms with Crippen LogP contribution in [0.5, 0.6) is 0 Å². The molecule has 0 spiro atoms. The third kappa shape index (κ3) is 3.67. The molecule has 1 fully saturated rings. The van der Waals surface area contributed by atoms with Crippen LogP contribution in [0.3, 0.4) is 0 Å². The Labute approximate surface area is 121 Å². The molecule has 1 aromatic heterocycles. The van der Waals surface area contributed by atoms with Crippen molar-refractivity contribution in [1.29, 1.82) is 0 Å². The third-order valence-electron chi connectivity index (χ3n) is 3.74. The number of hydrogen-bond acceptors (Lipinski definition) is 5. The molecule has 0 radical (unpaired) electrons. The molecule has 1 atom stereocenters. The molecular weight excluding hydrogens is 252 g/mol. The van der Waals surface area contributed by atoms with E-state index in [1.807, 2.05) is 6.20 Å². The second-order valence-electron chi connectivity index (χ2n) is 5.79. The highest BCUT2D eigenvalue weighted by Gasteiger charge is 2.18. The molecule has 2 N–H and O–H groups in total. The summed E-state index contributed by atoms with van der Waals surface area (Å²) in [5.74, 6) is 1.18. The van der Waals surface area contributed by atoms with E-state index in [2.05, 4.69) is 35.8 Å². The van der Waals surface area contributed by atoms with Gasteiger partial charge in [-0.25, -0.2) is 9.97 Å². The zero-order valence-corrected chi connectivity index (χ0v) is 12.8. The van der Waals surface area contributed by atoms with Gasteiger partial charge in [0.1, 0.15) is 5.82 Å². The summed E-state index contributed by atoms with van der Waals surface area (Å²) in [7, 11) is 2.06. The molecule has 0 aliphatic carbocycles. The van der Waals surface area contributed by atoms with E-state index in [1.165, 1.54) is 12.8 Å². The monoisotopic (exact) mass is 278 g/mol. The lowest BCUT2D eigenvalue weighted by molar-refractivity contribution is 0.0216. The van der Waals surface area contributed by atoms with E-state index >= 15 is 0 Å². The van der Waals surface area contributed by atoms with Gasteiger partial charge in [0.2, 0.25) is 0 Å². The van der Waals surface area contributed by atoms with Gasteiger partial charge in [-0.15, -0.1) is 0 Å². The average molecular weight is 278 g/mol. The number of ether oxygens (including phenoxy) is 1. The summed E-state index contributed by atoms with van der Waals surface area (Å²) in [6, 6.07) is 0. The molecule has 0 bridgehead atoms. The molecule has 0 saturated carbocycles. The Balaban J connectivity index is 2.09. The smallest absolute Gasteiger partial charge is 0.131 e. The number of hydrogen-bond donors (Lipinski definition) is 1. The predicted molar refractivity (Wildman–Crippen MR) is 80.9 cm³/mol. The quantitative estimate of drug-likeness (QED) is 0.893. The SMILES string of the molecule is CC(C)c1ncc(N(C)CC2CCCCO2)c(CN)n1. The van der Waals surface area contributed by atoms with Gasteiger partial charge in [-0.1, -0.05) is 13.8 Å². The van der Waals surface area contributed by atoms with Crippen molar-refractivity contribution in [2.45, 2.75) is 51.7 Å². The van der Waals surface area contributed by atoms with Crippen LogP contribution in [0.15, 0.2) is 6.20 Å². The lowest BCUT2D eigenvalue weighted by Crippen LogP contribution is -2.34. The first-order valence-corrected chi connectivity index (χ1v) is 7.50. The molecule has 1 aliphatic heterocycles. The van der Waals surface area contributed by atoms with Crippen LogP contribution in [0.25, 0.3) is 0 Å². The fourth-order valence-electron chi connectivity index (χ4n) is 2.53. The van der Waals surface area contributed by atoms with E-state index in [-0.39, 0.29) is 0 Å². The molecule has 5 nitrogen and oxygen atoms in total. The highest BCUT2D eigenvalue weighted by atomic mass is 16.5. The Morgan fingerprint density at radius 1 is 1.45 bits per heavy atom. The molecule has 0 aromatic carbocycles. The number of anilines is 1. The topological polar surface area (TPSA) is 64.3 Å². The zero-order valence-electron chi connectivity index (χ0n) is 12.8. The molecule has 1 unspecified atom stereocenters. The van der Waals surface area contributed by atoms with E-state index < -0.39 is 0 Å². The van der Waals surface area contributed by atoms with Crippen molar-refractivity contribution in [3.63, 3.8) is 0 Å². The molecule has 0 amide bonds. The largest absolute Gasteiger partial charge is 0.376 e. The van der Waals surface area contributed by atoms with Crippen molar-refractivity contribution < 1.29 is 4.74 Å². The van der Waals surface area contributed by atoms with Crippen molar-refractivity contribution in [2.24, 2.45) is 5.73 Å². The van der Waals surface area contributed by atoms with Crippen LogP contribution in [-0.4, -0.2) is 36.3 Å². The maximum atomic E-state index is 5.84. The number of nitrogens with zero attached hydrogens (tertiary/aromatic N) is 3. The Hall–Kier alpha value is -1.20.